The molecule has 1 amide bonds. The van der Waals surface area contributed by atoms with Gasteiger partial charge in [-0.3, -0.25) is 4.79 Å². The van der Waals surface area contributed by atoms with E-state index in [2.05, 4.69) is 5.32 Å². The number of benzene rings is 2. The molecule has 0 saturated heterocycles. The van der Waals surface area contributed by atoms with Crippen molar-refractivity contribution in [2.24, 2.45) is 0 Å². The number of halogens is 3. The summed E-state index contributed by atoms with van der Waals surface area (Å²) in [6.07, 6.45) is 1.35. The van der Waals surface area contributed by atoms with Crippen molar-refractivity contribution >= 4 is 29.1 Å². The fraction of sp³-hybridized carbons (Fsp3) is 0.235. The van der Waals surface area contributed by atoms with E-state index in [1.54, 1.807) is 30.3 Å². The molecule has 2 aromatic carbocycles. The van der Waals surface area contributed by atoms with E-state index in [9.17, 15) is 9.18 Å². The second kappa shape index (κ2) is 8.16. The van der Waals surface area contributed by atoms with Gasteiger partial charge in [-0.05, 0) is 42.2 Å². The van der Waals surface area contributed by atoms with Crippen LogP contribution in [-0.2, 0) is 17.6 Å². The van der Waals surface area contributed by atoms with Crippen molar-refractivity contribution in [2.45, 2.75) is 19.3 Å². The van der Waals surface area contributed by atoms with Crippen molar-refractivity contribution in [3.63, 3.8) is 0 Å². The minimum Gasteiger partial charge on any atom is -0.356 e. The van der Waals surface area contributed by atoms with E-state index in [0.717, 1.165) is 5.56 Å². The number of carbonyl (C=O) groups is 1. The van der Waals surface area contributed by atoms with Gasteiger partial charge in [-0.2, -0.15) is 0 Å². The molecule has 0 atom stereocenters. The number of rotatable bonds is 6. The van der Waals surface area contributed by atoms with Crippen LogP contribution >= 0.6 is 23.2 Å². The topological polar surface area (TPSA) is 29.1 Å². The molecule has 2 aromatic rings. The highest BCUT2D eigenvalue weighted by atomic mass is 35.5. The normalized spacial score (nSPS) is 10.5. The molecule has 0 unspecified atom stereocenters. The van der Waals surface area contributed by atoms with Gasteiger partial charge < -0.3 is 5.32 Å². The molecule has 2 nitrogen and oxygen atoms in total. The van der Waals surface area contributed by atoms with Crippen molar-refractivity contribution in [1.82, 2.24) is 5.32 Å². The van der Waals surface area contributed by atoms with Crippen LogP contribution in [0.1, 0.15) is 17.5 Å². The van der Waals surface area contributed by atoms with Crippen molar-refractivity contribution in [1.29, 1.82) is 0 Å². The van der Waals surface area contributed by atoms with Gasteiger partial charge in [0.25, 0.3) is 0 Å². The van der Waals surface area contributed by atoms with Gasteiger partial charge >= 0.3 is 0 Å². The molecule has 116 valence electrons. The number of hydrogen-bond acceptors (Lipinski definition) is 1. The summed E-state index contributed by atoms with van der Waals surface area (Å²) < 4.78 is 13.4. The molecule has 0 aliphatic carbocycles. The van der Waals surface area contributed by atoms with E-state index in [0.29, 0.717) is 41.4 Å². The van der Waals surface area contributed by atoms with Crippen molar-refractivity contribution in [2.75, 3.05) is 6.54 Å². The Morgan fingerprint density at radius 3 is 2.55 bits per heavy atom. The Kier molecular flexibility index (Phi) is 6.22. The third-order valence-electron chi connectivity index (χ3n) is 3.31. The van der Waals surface area contributed by atoms with Crippen LogP contribution < -0.4 is 5.32 Å². The van der Waals surface area contributed by atoms with E-state index in [4.69, 9.17) is 23.2 Å². The number of aryl methyl sites for hydroxylation is 1. The highest BCUT2D eigenvalue weighted by molar-refractivity contribution is 6.35. The molecule has 0 heterocycles. The summed E-state index contributed by atoms with van der Waals surface area (Å²) in [5, 5.41) is 3.92. The fourth-order valence-corrected chi connectivity index (χ4v) is 2.60. The van der Waals surface area contributed by atoms with E-state index < -0.39 is 0 Å². The van der Waals surface area contributed by atoms with Crippen LogP contribution in [0, 0.1) is 5.82 Å². The molecule has 0 radical (unpaired) electrons. The average molecular weight is 340 g/mol. The van der Waals surface area contributed by atoms with Crippen molar-refractivity contribution < 1.29 is 9.18 Å². The van der Waals surface area contributed by atoms with Gasteiger partial charge in [0.2, 0.25) is 5.91 Å². The van der Waals surface area contributed by atoms with Crippen molar-refractivity contribution in [3.8, 4) is 0 Å². The lowest BCUT2D eigenvalue weighted by atomic mass is 10.1. The van der Waals surface area contributed by atoms with Gasteiger partial charge in [0.15, 0.2) is 0 Å². The Balaban J connectivity index is 1.75. The Morgan fingerprint density at radius 2 is 1.82 bits per heavy atom. The summed E-state index contributed by atoms with van der Waals surface area (Å²) in [4.78, 5) is 11.8. The summed E-state index contributed by atoms with van der Waals surface area (Å²) in [6, 6.07) is 11.8. The van der Waals surface area contributed by atoms with Gasteiger partial charge in [0.1, 0.15) is 5.82 Å². The molecule has 0 aliphatic heterocycles. The minimum atomic E-state index is -0.246. The Morgan fingerprint density at radius 1 is 1.05 bits per heavy atom. The molecular weight excluding hydrogens is 324 g/mol. The highest BCUT2D eigenvalue weighted by Crippen LogP contribution is 2.21. The lowest BCUT2D eigenvalue weighted by molar-refractivity contribution is -0.121. The summed E-state index contributed by atoms with van der Waals surface area (Å²) in [5.41, 5.74) is 1.49. The van der Waals surface area contributed by atoms with Crippen LogP contribution in [0.3, 0.4) is 0 Å². The summed E-state index contributed by atoms with van der Waals surface area (Å²) in [7, 11) is 0. The predicted octanol–water partition coefficient (Wildman–Crippen LogP) is 4.42. The monoisotopic (exact) mass is 339 g/mol. The highest BCUT2D eigenvalue weighted by Gasteiger charge is 2.06. The average Bonchev–Trinajstić information content (AvgIpc) is 2.48. The Bertz CT molecular complexity index is 661. The summed E-state index contributed by atoms with van der Waals surface area (Å²) >= 11 is 11.9. The van der Waals surface area contributed by atoms with Gasteiger partial charge in [-0.25, -0.2) is 4.39 Å². The van der Waals surface area contributed by atoms with Crippen molar-refractivity contribution in [3.05, 3.63) is 69.5 Å². The molecule has 0 bridgehead atoms. The molecule has 2 rings (SSSR count). The Hall–Kier alpha value is -1.58. The molecular formula is C17H16Cl2FNO. The van der Waals surface area contributed by atoms with E-state index in [1.165, 1.54) is 6.07 Å². The van der Waals surface area contributed by atoms with Crippen LogP contribution in [0.2, 0.25) is 10.0 Å². The summed E-state index contributed by atoms with van der Waals surface area (Å²) in [6.45, 7) is 0.411. The second-order valence-electron chi connectivity index (χ2n) is 4.93. The minimum absolute atomic E-state index is 0.0812. The Labute approximate surface area is 139 Å². The zero-order chi connectivity index (χ0) is 15.9. The molecule has 0 saturated carbocycles. The predicted molar refractivity (Wildman–Crippen MR) is 87.9 cm³/mol. The zero-order valence-electron chi connectivity index (χ0n) is 11.9. The number of carbonyl (C=O) groups excluding carboxylic acids is 1. The summed E-state index contributed by atoms with van der Waals surface area (Å²) in [5.74, 6) is -0.327. The van der Waals surface area contributed by atoms with Gasteiger partial charge in [-0.15, -0.1) is 0 Å². The maximum absolute atomic E-state index is 13.4. The number of nitrogens with one attached hydrogen (secondary N) is 1. The lowest BCUT2D eigenvalue weighted by Crippen LogP contribution is -2.26. The largest absolute Gasteiger partial charge is 0.356 e. The lowest BCUT2D eigenvalue weighted by Gasteiger charge is -2.07. The maximum Gasteiger partial charge on any atom is 0.220 e. The van der Waals surface area contributed by atoms with E-state index in [1.807, 2.05) is 6.07 Å². The van der Waals surface area contributed by atoms with Crippen LogP contribution in [0.15, 0.2) is 42.5 Å². The third kappa shape index (κ3) is 5.00. The first kappa shape index (κ1) is 16.8. The quantitative estimate of drug-likeness (QED) is 0.828. The molecule has 22 heavy (non-hydrogen) atoms. The van der Waals surface area contributed by atoms with Gasteiger partial charge in [0, 0.05) is 23.0 Å². The smallest absolute Gasteiger partial charge is 0.220 e. The SMILES string of the molecule is O=C(CCc1ccc(Cl)cc1Cl)NCCc1ccccc1F. The van der Waals surface area contributed by atoms with E-state index in [-0.39, 0.29) is 11.7 Å². The molecule has 1 N–H and O–H groups in total. The maximum atomic E-state index is 13.4. The fourth-order valence-electron chi connectivity index (χ4n) is 2.10. The third-order valence-corrected chi connectivity index (χ3v) is 3.90. The number of hydrogen-bond donors (Lipinski definition) is 1. The first-order valence-electron chi connectivity index (χ1n) is 7.00. The van der Waals surface area contributed by atoms with Crippen LogP contribution in [0.5, 0.6) is 0 Å². The van der Waals surface area contributed by atoms with Crippen LogP contribution in [-0.4, -0.2) is 12.5 Å². The molecule has 0 spiro atoms. The standard InChI is InChI=1S/C17H16Cl2FNO/c18-14-7-5-12(15(19)11-14)6-8-17(22)21-10-9-13-3-1-2-4-16(13)20/h1-5,7,11H,6,8-10H2,(H,21,22). The molecule has 0 aromatic heterocycles. The van der Waals surface area contributed by atoms with Gasteiger partial charge in [-0.1, -0.05) is 47.5 Å². The second-order valence-corrected chi connectivity index (χ2v) is 5.77. The number of amides is 1. The molecule has 5 heteroatoms. The molecule has 0 aliphatic rings. The van der Waals surface area contributed by atoms with E-state index >= 15 is 0 Å². The van der Waals surface area contributed by atoms with Crippen LogP contribution in [0.4, 0.5) is 4.39 Å². The van der Waals surface area contributed by atoms with Gasteiger partial charge in [0.05, 0.1) is 0 Å². The van der Waals surface area contributed by atoms with Crippen LogP contribution in [0.25, 0.3) is 0 Å². The molecule has 0 fully saturated rings. The first-order chi connectivity index (χ1) is 10.6. The first-order valence-corrected chi connectivity index (χ1v) is 7.76. The zero-order valence-corrected chi connectivity index (χ0v) is 13.4.